The Morgan fingerprint density at radius 3 is 3.06 bits per heavy atom. The van der Waals surface area contributed by atoms with E-state index in [0.29, 0.717) is 13.0 Å². The number of allylic oxidation sites excluding steroid dienone is 1. The average Bonchev–Trinajstić information content (AvgIpc) is 2.84. The number of rotatable bonds is 5. The molecule has 6 heteroatoms. The van der Waals surface area contributed by atoms with Crippen molar-refractivity contribution in [3.8, 4) is 0 Å². The van der Waals surface area contributed by atoms with E-state index in [9.17, 15) is 4.79 Å². The van der Waals surface area contributed by atoms with Crippen molar-refractivity contribution in [2.24, 2.45) is 11.7 Å². The van der Waals surface area contributed by atoms with Gasteiger partial charge in [0.2, 0.25) is 5.91 Å². The summed E-state index contributed by atoms with van der Waals surface area (Å²) in [6.45, 7) is 3.42. The summed E-state index contributed by atoms with van der Waals surface area (Å²) in [6.07, 6.45) is 7.19. The summed E-state index contributed by atoms with van der Waals surface area (Å²) in [5.41, 5.74) is 5.42. The van der Waals surface area contributed by atoms with Gasteiger partial charge in [-0.3, -0.25) is 4.79 Å². The third kappa shape index (κ3) is 2.76. The monoisotopic (exact) mass is 249 g/mol. The Kier molecular flexibility index (Phi) is 4.09. The lowest BCUT2D eigenvalue weighted by Gasteiger charge is -2.26. The first kappa shape index (κ1) is 12.8. The van der Waals surface area contributed by atoms with Gasteiger partial charge in [-0.15, -0.1) is 0 Å². The smallest absolute Gasteiger partial charge is 0.222 e. The molecule has 0 bridgehead atoms. The number of amides is 1. The van der Waals surface area contributed by atoms with Crippen molar-refractivity contribution in [2.75, 3.05) is 0 Å². The molecule has 0 radical (unpaired) electrons. The van der Waals surface area contributed by atoms with E-state index < -0.39 is 0 Å². The van der Waals surface area contributed by atoms with Crippen LogP contribution in [0.4, 0.5) is 0 Å². The molecule has 2 rings (SSSR count). The largest absolute Gasteiger partial charge is 0.369 e. The van der Waals surface area contributed by atoms with Gasteiger partial charge in [0, 0.05) is 12.6 Å². The Morgan fingerprint density at radius 1 is 1.56 bits per heavy atom. The van der Waals surface area contributed by atoms with E-state index in [0.717, 1.165) is 18.8 Å². The molecular formula is C12H19N5O. The van der Waals surface area contributed by atoms with Crippen molar-refractivity contribution in [1.29, 1.82) is 0 Å². The van der Waals surface area contributed by atoms with Gasteiger partial charge in [0.15, 0.2) is 0 Å². The van der Waals surface area contributed by atoms with Crippen LogP contribution < -0.4 is 11.1 Å². The number of carbonyl (C=O) groups excluding carboxylic acids is 1. The van der Waals surface area contributed by atoms with E-state index in [2.05, 4.69) is 21.5 Å². The molecule has 2 atom stereocenters. The van der Waals surface area contributed by atoms with Gasteiger partial charge in [-0.1, -0.05) is 12.2 Å². The first-order valence-electron chi connectivity index (χ1n) is 6.26. The highest BCUT2D eigenvalue weighted by Crippen LogP contribution is 2.19. The highest BCUT2D eigenvalue weighted by atomic mass is 16.1. The van der Waals surface area contributed by atoms with Gasteiger partial charge < -0.3 is 11.1 Å². The molecule has 1 aliphatic carbocycles. The molecule has 0 saturated heterocycles. The number of carbonyl (C=O) groups is 1. The number of aryl methyl sites for hydroxylation is 1. The summed E-state index contributed by atoms with van der Waals surface area (Å²) in [6, 6.07) is 0.0921. The Morgan fingerprint density at radius 2 is 2.33 bits per heavy atom. The minimum absolute atomic E-state index is 0.0921. The number of primary amides is 1. The lowest BCUT2D eigenvalue weighted by molar-refractivity contribution is -0.122. The maximum atomic E-state index is 11.4. The van der Waals surface area contributed by atoms with Crippen LogP contribution in [0.1, 0.15) is 25.6 Å². The first-order chi connectivity index (χ1) is 8.72. The normalized spacial score (nSPS) is 23.2. The Balaban J connectivity index is 1.96. The molecule has 98 valence electrons. The number of hydrogen-bond donors (Lipinski definition) is 2. The number of aromatic nitrogens is 3. The number of nitrogens with one attached hydrogen (secondary N) is 1. The van der Waals surface area contributed by atoms with E-state index in [1.165, 1.54) is 0 Å². The Bertz CT molecular complexity index is 439. The predicted molar refractivity (Wildman–Crippen MR) is 67.4 cm³/mol. The van der Waals surface area contributed by atoms with Crippen LogP contribution in [0, 0.1) is 5.92 Å². The maximum Gasteiger partial charge on any atom is 0.222 e. The zero-order valence-electron chi connectivity index (χ0n) is 10.5. The fourth-order valence-corrected chi connectivity index (χ4v) is 2.27. The van der Waals surface area contributed by atoms with Gasteiger partial charge in [0.1, 0.15) is 12.2 Å². The Hall–Kier alpha value is -1.69. The quantitative estimate of drug-likeness (QED) is 0.730. The molecule has 3 N–H and O–H groups in total. The van der Waals surface area contributed by atoms with Gasteiger partial charge in [-0.25, -0.2) is 9.67 Å². The predicted octanol–water partition coefficient (Wildman–Crippen LogP) is 0.208. The molecule has 0 unspecified atom stereocenters. The minimum atomic E-state index is -0.242. The second-order valence-electron chi connectivity index (χ2n) is 4.43. The summed E-state index contributed by atoms with van der Waals surface area (Å²) in [5, 5.41) is 7.47. The van der Waals surface area contributed by atoms with E-state index in [-0.39, 0.29) is 17.9 Å². The van der Waals surface area contributed by atoms with E-state index in [1.54, 1.807) is 6.33 Å². The van der Waals surface area contributed by atoms with Crippen LogP contribution in [-0.4, -0.2) is 26.7 Å². The summed E-state index contributed by atoms with van der Waals surface area (Å²) in [7, 11) is 0. The van der Waals surface area contributed by atoms with Crippen molar-refractivity contribution in [3.63, 3.8) is 0 Å². The minimum Gasteiger partial charge on any atom is -0.369 e. The average molecular weight is 249 g/mol. The Labute approximate surface area is 106 Å². The van der Waals surface area contributed by atoms with Crippen LogP contribution in [-0.2, 0) is 17.9 Å². The molecule has 1 aromatic rings. The van der Waals surface area contributed by atoms with Gasteiger partial charge in [-0.2, -0.15) is 5.10 Å². The first-order valence-corrected chi connectivity index (χ1v) is 6.26. The standard InChI is InChI=1S/C12H19N5O/c1-2-17-11(15-8-16-17)7-14-10-6-4-3-5-9(10)12(13)18/h3-4,8-10,14H,2,5-7H2,1H3,(H2,13,18)/t9-,10-/m1/s1. The molecule has 1 amide bonds. The number of nitrogens with two attached hydrogens (primary N) is 1. The topological polar surface area (TPSA) is 85.8 Å². The van der Waals surface area contributed by atoms with Crippen molar-refractivity contribution in [3.05, 3.63) is 24.3 Å². The summed E-state index contributed by atoms with van der Waals surface area (Å²) in [4.78, 5) is 15.6. The SMILES string of the molecule is CCn1ncnc1CN[C@@H]1CC=CC[C@H]1C(N)=O. The van der Waals surface area contributed by atoms with Crippen LogP contribution in [0.2, 0.25) is 0 Å². The van der Waals surface area contributed by atoms with Crippen molar-refractivity contribution >= 4 is 5.91 Å². The maximum absolute atomic E-state index is 11.4. The molecule has 1 heterocycles. The van der Waals surface area contributed by atoms with Crippen molar-refractivity contribution < 1.29 is 4.79 Å². The second kappa shape index (κ2) is 5.77. The third-order valence-electron chi connectivity index (χ3n) is 3.32. The molecule has 1 aliphatic rings. The van der Waals surface area contributed by atoms with Crippen molar-refractivity contribution in [1.82, 2.24) is 20.1 Å². The van der Waals surface area contributed by atoms with Crippen LogP contribution in [0.3, 0.4) is 0 Å². The van der Waals surface area contributed by atoms with E-state index in [1.807, 2.05) is 17.7 Å². The molecule has 0 aromatic carbocycles. The molecule has 6 nitrogen and oxygen atoms in total. The summed E-state index contributed by atoms with van der Waals surface area (Å²) >= 11 is 0. The molecule has 0 spiro atoms. The highest BCUT2D eigenvalue weighted by Gasteiger charge is 2.26. The zero-order valence-corrected chi connectivity index (χ0v) is 10.5. The van der Waals surface area contributed by atoms with Crippen molar-refractivity contribution in [2.45, 2.75) is 38.9 Å². The van der Waals surface area contributed by atoms with Crippen LogP contribution in [0.25, 0.3) is 0 Å². The summed E-state index contributed by atoms with van der Waals surface area (Å²) in [5.74, 6) is 0.511. The van der Waals surface area contributed by atoms with Gasteiger partial charge in [-0.05, 0) is 19.8 Å². The molecular weight excluding hydrogens is 230 g/mol. The van der Waals surface area contributed by atoms with Crippen LogP contribution in [0.5, 0.6) is 0 Å². The highest BCUT2D eigenvalue weighted by molar-refractivity contribution is 5.77. The molecule has 1 aromatic heterocycles. The van der Waals surface area contributed by atoms with Crippen LogP contribution in [0.15, 0.2) is 18.5 Å². The number of hydrogen-bond acceptors (Lipinski definition) is 4. The fourth-order valence-electron chi connectivity index (χ4n) is 2.27. The lowest BCUT2D eigenvalue weighted by atomic mass is 9.88. The number of nitrogens with zero attached hydrogens (tertiary/aromatic N) is 3. The third-order valence-corrected chi connectivity index (χ3v) is 3.32. The molecule has 18 heavy (non-hydrogen) atoms. The van der Waals surface area contributed by atoms with Gasteiger partial charge in [0.05, 0.1) is 12.5 Å². The molecule has 0 fully saturated rings. The van der Waals surface area contributed by atoms with Crippen LogP contribution >= 0.6 is 0 Å². The molecule has 0 aliphatic heterocycles. The zero-order chi connectivity index (χ0) is 13.0. The molecule has 0 saturated carbocycles. The summed E-state index contributed by atoms with van der Waals surface area (Å²) < 4.78 is 1.84. The van der Waals surface area contributed by atoms with E-state index in [4.69, 9.17) is 5.73 Å². The fraction of sp³-hybridized carbons (Fsp3) is 0.583. The second-order valence-corrected chi connectivity index (χ2v) is 4.43. The lowest BCUT2D eigenvalue weighted by Crippen LogP contribution is -2.43. The van der Waals surface area contributed by atoms with E-state index >= 15 is 0 Å². The van der Waals surface area contributed by atoms with Gasteiger partial charge >= 0.3 is 0 Å². The van der Waals surface area contributed by atoms with Gasteiger partial charge in [0.25, 0.3) is 0 Å².